The van der Waals surface area contributed by atoms with Crippen molar-refractivity contribution in [2.45, 2.75) is 20.4 Å². The summed E-state index contributed by atoms with van der Waals surface area (Å²) in [5.74, 6) is 0.866. The lowest BCUT2D eigenvalue weighted by molar-refractivity contribution is 0.249. The second kappa shape index (κ2) is 7.71. The van der Waals surface area contributed by atoms with Crippen LogP contribution in [0.4, 0.5) is 5.69 Å². The van der Waals surface area contributed by atoms with Crippen molar-refractivity contribution in [3.8, 4) is 5.82 Å². The fourth-order valence-electron chi connectivity index (χ4n) is 3.77. The SMILES string of the molecule is Cc1nn(-c2ccccn2)c(C)c1N1CCN(Cc2ccc(Cl)cc2)CC1. The third-order valence-corrected chi connectivity index (χ3v) is 5.38. The van der Waals surface area contributed by atoms with Crippen molar-refractivity contribution in [1.82, 2.24) is 19.7 Å². The van der Waals surface area contributed by atoms with E-state index in [1.165, 1.54) is 11.3 Å². The number of hydrogen-bond acceptors (Lipinski definition) is 4. The van der Waals surface area contributed by atoms with Gasteiger partial charge < -0.3 is 4.90 Å². The third kappa shape index (κ3) is 3.84. The number of nitrogens with zero attached hydrogens (tertiary/aromatic N) is 5. The Balaban J connectivity index is 1.45. The van der Waals surface area contributed by atoms with Crippen molar-refractivity contribution in [3.05, 3.63) is 70.6 Å². The normalized spacial score (nSPS) is 15.3. The van der Waals surface area contributed by atoms with Crippen molar-refractivity contribution >= 4 is 17.3 Å². The highest BCUT2D eigenvalue weighted by atomic mass is 35.5. The van der Waals surface area contributed by atoms with Gasteiger partial charge in [0.15, 0.2) is 5.82 Å². The van der Waals surface area contributed by atoms with E-state index in [4.69, 9.17) is 16.7 Å². The quantitative estimate of drug-likeness (QED) is 0.687. The van der Waals surface area contributed by atoms with Crippen LogP contribution >= 0.6 is 11.6 Å². The van der Waals surface area contributed by atoms with Gasteiger partial charge in [0.2, 0.25) is 0 Å². The highest BCUT2D eigenvalue weighted by Crippen LogP contribution is 2.27. The lowest BCUT2D eigenvalue weighted by atomic mass is 10.2. The summed E-state index contributed by atoms with van der Waals surface area (Å²) in [6.07, 6.45) is 1.81. The van der Waals surface area contributed by atoms with Crippen molar-refractivity contribution in [1.29, 1.82) is 0 Å². The van der Waals surface area contributed by atoms with E-state index in [1.54, 1.807) is 6.20 Å². The molecule has 140 valence electrons. The van der Waals surface area contributed by atoms with Crippen molar-refractivity contribution < 1.29 is 0 Å². The molecule has 6 heteroatoms. The first kappa shape index (κ1) is 18.0. The molecular weight excluding hydrogens is 358 g/mol. The number of piperazine rings is 1. The maximum Gasteiger partial charge on any atom is 0.153 e. The molecule has 3 aromatic rings. The fraction of sp³-hybridized carbons (Fsp3) is 0.333. The summed E-state index contributed by atoms with van der Waals surface area (Å²) in [7, 11) is 0. The number of aryl methyl sites for hydroxylation is 1. The zero-order chi connectivity index (χ0) is 18.8. The molecular formula is C21H24ClN5. The molecule has 2 aromatic heterocycles. The summed E-state index contributed by atoms with van der Waals surface area (Å²) in [5, 5.41) is 5.53. The van der Waals surface area contributed by atoms with Crippen LogP contribution in [-0.2, 0) is 6.54 Å². The molecule has 1 fully saturated rings. The lowest BCUT2D eigenvalue weighted by Crippen LogP contribution is -2.46. The van der Waals surface area contributed by atoms with Crippen LogP contribution in [0.3, 0.4) is 0 Å². The fourth-order valence-corrected chi connectivity index (χ4v) is 3.90. The van der Waals surface area contributed by atoms with E-state index < -0.39 is 0 Å². The molecule has 0 radical (unpaired) electrons. The largest absolute Gasteiger partial charge is 0.366 e. The average molecular weight is 382 g/mol. The Labute approximate surface area is 165 Å². The Bertz CT molecular complexity index is 896. The minimum atomic E-state index is 0.791. The highest BCUT2D eigenvalue weighted by molar-refractivity contribution is 6.30. The van der Waals surface area contributed by atoms with Crippen LogP contribution in [0.2, 0.25) is 5.02 Å². The minimum Gasteiger partial charge on any atom is -0.366 e. The molecule has 5 nitrogen and oxygen atoms in total. The monoisotopic (exact) mass is 381 g/mol. The molecule has 3 heterocycles. The molecule has 27 heavy (non-hydrogen) atoms. The molecule has 0 unspecified atom stereocenters. The number of halogens is 1. The van der Waals surface area contributed by atoms with Gasteiger partial charge in [-0.15, -0.1) is 0 Å². The Hall–Kier alpha value is -2.37. The standard InChI is InChI=1S/C21H24ClN5/c1-16-21(17(2)27(24-16)20-5-3-4-10-23-20)26-13-11-25(12-14-26)15-18-6-8-19(22)9-7-18/h3-10H,11-15H2,1-2H3. The van der Waals surface area contributed by atoms with Gasteiger partial charge in [0.05, 0.1) is 17.1 Å². The summed E-state index contributed by atoms with van der Waals surface area (Å²) in [4.78, 5) is 9.39. The Morgan fingerprint density at radius 2 is 1.70 bits per heavy atom. The molecule has 1 aliphatic rings. The van der Waals surface area contributed by atoms with Crippen LogP contribution in [-0.4, -0.2) is 45.8 Å². The van der Waals surface area contributed by atoms with Crippen LogP contribution in [0.15, 0.2) is 48.7 Å². The second-order valence-corrected chi connectivity index (χ2v) is 7.45. The predicted molar refractivity (Wildman–Crippen MR) is 110 cm³/mol. The van der Waals surface area contributed by atoms with Crippen LogP contribution in [0.5, 0.6) is 0 Å². The summed E-state index contributed by atoms with van der Waals surface area (Å²) in [6, 6.07) is 14.1. The zero-order valence-electron chi connectivity index (χ0n) is 15.8. The Morgan fingerprint density at radius 3 is 2.37 bits per heavy atom. The van der Waals surface area contributed by atoms with Crippen LogP contribution in [0.25, 0.3) is 5.82 Å². The number of benzene rings is 1. The van der Waals surface area contributed by atoms with E-state index in [-0.39, 0.29) is 0 Å². The third-order valence-electron chi connectivity index (χ3n) is 5.13. The molecule has 0 amide bonds. The van der Waals surface area contributed by atoms with Gasteiger partial charge in [-0.2, -0.15) is 5.10 Å². The van der Waals surface area contributed by atoms with E-state index in [1.807, 2.05) is 35.0 Å². The summed E-state index contributed by atoms with van der Waals surface area (Å²) in [6.45, 7) is 9.26. The van der Waals surface area contributed by atoms with Crippen molar-refractivity contribution in [3.63, 3.8) is 0 Å². The first-order valence-corrected chi connectivity index (χ1v) is 9.69. The van der Waals surface area contributed by atoms with E-state index in [0.717, 1.165) is 55.0 Å². The number of anilines is 1. The van der Waals surface area contributed by atoms with Gasteiger partial charge >= 0.3 is 0 Å². The highest BCUT2D eigenvalue weighted by Gasteiger charge is 2.23. The molecule has 0 N–H and O–H groups in total. The van der Waals surface area contributed by atoms with Crippen molar-refractivity contribution in [2.24, 2.45) is 0 Å². The van der Waals surface area contributed by atoms with Gasteiger partial charge in [0.1, 0.15) is 0 Å². The predicted octanol–water partition coefficient (Wildman–Crippen LogP) is 3.86. The molecule has 1 aliphatic heterocycles. The first-order valence-electron chi connectivity index (χ1n) is 9.31. The average Bonchev–Trinajstić information content (AvgIpc) is 2.99. The van der Waals surface area contributed by atoms with Gasteiger partial charge in [-0.3, -0.25) is 4.90 Å². The van der Waals surface area contributed by atoms with E-state index in [9.17, 15) is 0 Å². The smallest absolute Gasteiger partial charge is 0.153 e. The number of pyridine rings is 1. The second-order valence-electron chi connectivity index (χ2n) is 7.01. The maximum atomic E-state index is 5.98. The molecule has 1 aromatic carbocycles. The summed E-state index contributed by atoms with van der Waals surface area (Å²) < 4.78 is 1.95. The molecule has 0 saturated carbocycles. The van der Waals surface area contributed by atoms with E-state index >= 15 is 0 Å². The topological polar surface area (TPSA) is 37.2 Å². The maximum absolute atomic E-state index is 5.98. The summed E-state index contributed by atoms with van der Waals surface area (Å²) in [5.41, 5.74) is 4.76. The van der Waals surface area contributed by atoms with Crippen LogP contribution < -0.4 is 4.90 Å². The number of rotatable bonds is 4. The van der Waals surface area contributed by atoms with Gasteiger partial charge in [0, 0.05) is 43.9 Å². The van der Waals surface area contributed by atoms with Gasteiger partial charge in [-0.25, -0.2) is 9.67 Å². The van der Waals surface area contributed by atoms with Gasteiger partial charge in [0.25, 0.3) is 0 Å². The minimum absolute atomic E-state index is 0.791. The zero-order valence-corrected chi connectivity index (χ0v) is 16.5. The lowest BCUT2D eigenvalue weighted by Gasteiger charge is -2.36. The number of hydrogen-bond donors (Lipinski definition) is 0. The first-order chi connectivity index (χ1) is 13.1. The summed E-state index contributed by atoms with van der Waals surface area (Å²) >= 11 is 5.98. The van der Waals surface area contributed by atoms with Gasteiger partial charge in [-0.05, 0) is 43.7 Å². The molecule has 4 rings (SSSR count). The Kier molecular flexibility index (Phi) is 5.14. The molecule has 0 spiro atoms. The van der Waals surface area contributed by atoms with E-state index in [2.05, 4.69) is 40.8 Å². The van der Waals surface area contributed by atoms with Gasteiger partial charge in [-0.1, -0.05) is 29.8 Å². The molecule has 0 bridgehead atoms. The molecule has 0 atom stereocenters. The van der Waals surface area contributed by atoms with E-state index in [0.29, 0.717) is 0 Å². The number of aromatic nitrogens is 3. The Morgan fingerprint density at radius 1 is 0.963 bits per heavy atom. The van der Waals surface area contributed by atoms with Crippen molar-refractivity contribution in [2.75, 3.05) is 31.1 Å². The van der Waals surface area contributed by atoms with Crippen LogP contribution in [0, 0.1) is 13.8 Å². The molecule has 0 aliphatic carbocycles. The molecule has 1 saturated heterocycles. The van der Waals surface area contributed by atoms with Crippen LogP contribution in [0.1, 0.15) is 17.0 Å².